The minimum atomic E-state index is -1.44. The van der Waals surface area contributed by atoms with Gasteiger partial charge in [-0.05, 0) is 30.3 Å². The number of aryl methyl sites for hydroxylation is 1. The van der Waals surface area contributed by atoms with Crippen LogP contribution in [0.2, 0.25) is 0 Å². The highest BCUT2D eigenvalue weighted by atomic mass is 19.1. The number of carboxylic acid groups (broad SMARTS) is 2. The zero-order chi connectivity index (χ0) is 20.1. The molecule has 7 nitrogen and oxygen atoms in total. The molecule has 2 N–H and O–H groups in total. The van der Waals surface area contributed by atoms with Crippen LogP contribution in [0.1, 0.15) is 34.7 Å². The Morgan fingerprint density at radius 1 is 1.00 bits per heavy atom. The van der Waals surface area contributed by atoms with Crippen LogP contribution >= 0.6 is 0 Å². The predicted molar refractivity (Wildman–Crippen MR) is 97.1 cm³/mol. The van der Waals surface area contributed by atoms with Crippen molar-refractivity contribution in [2.24, 2.45) is 7.05 Å². The Bertz CT molecular complexity index is 981. The maximum Gasteiger partial charge on any atom is 0.355 e. The molecule has 0 spiro atoms. The van der Waals surface area contributed by atoms with E-state index in [1.165, 1.54) is 41.2 Å². The molecule has 2 heterocycles. The number of carboxylic acids is 2. The number of nitrogens with zero attached hydrogens (tertiary/aromatic N) is 3. The second-order valence-corrected chi connectivity index (χ2v) is 5.26. The molecule has 0 unspecified atom stereocenters. The first-order valence-electron chi connectivity index (χ1n) is 8.14. The number of hydrogen-bond acceptors (Lipinski definition) is 4. The average molecular weight is 371 g/mol. The molecule has 3 aromatic rings. The van der Waals surface area contributed by atoms with Crippen LogP contribution in [0.15, 0.2) is 42.7 Å². The molecule has 0 radical (unpaired) electrons. The third-order valence-electron chi connectivity index (χ3n) is 3.60. The summed E-state index contributed by atoms with van der Waals surface area (Å²) in [6.07, 6.45) is 2.80. The van der Waals surface area contributed by atoms with Crippen LogP contribution in [-0.4, -0.2) is 36.9 Å². The third-order valence-corrected chi connectivity index (χ3v) is 3.60. The van der Waals surface area contributed by atoms with Gasteiger partial charge in [-0.1, -0.05) is 13.8 Å². The van der Waals surface area contributed by atoms with Crippen LogP contribution in [0.3, 0.4) is 0 Å². The second-order valence-electron chi connectivity index (χ2n) is 5.26. The molecule has 0 saturated heterocycles. The van der Waals surface area contributed by atoms with E-state index >= 15 is 0 Å². The number of halogens is 1. The largest absolute Gasteiger partial charge is 0.478 e. The number of rotatable bonds is 4. The molecule has 1 aromatic carbocycles. The molecule has 140 valence electrons. The molecule has 0 aliphatic heterocycles. The van der Waals surface area contributed by atoms with Gasteiger partial charge < -0.3 is 10.2 Å². The topological polar surface area (TPSA) is 105 Å². The summed E-state index contributed by atoms with van der Waals surface area (Å²) in [6, 6.07) is 6.98. The van der Waals surface area contributed by atoms with Crippen LogP contribution in [-0.2, 0) is 7.05 Å². The van der Waals surface area contributed by atoms with E-state index < -0.39 is 29.0 Å². The quantitative estimate of drug-likeness (QED) is 0.724. The van der Waals surface area contributed by atoms with E-state index in [1.807, 2.05) is 13.8 Å². The minimum absolute atomic E-state index is 0.173. The maximum absolute atomic E-state index is 13.2. The molecule has 0 aliphatic carbocycles. The number of carbonyl (C=O) groups is 2. The Morgan fingerprint density at radius 2 is 1.63 bits per heavy atom. The van der Waals surface area contributed by atoms with Gasteiger partial charge in [0.1, 0.15) is 17.1 Å². The first kappa shape index (κ1) is 19.8. The number of aromatic carboxylic acids is 2. The average Bonchev–Trinajstić information content (AvgIpc) is 3.04. The summed E-state index contributed by atoms with van der Waals surface area (Å²) in [5.41, 5.74) is 0.587. The summed E-state index contributed by atoms with van der Waals surface area (Å²) in [5.74, 6) is -3.26. The van der Waals surface area contributed by atoms with Crippen LogP contribution in [0.5, 0.6) is 0 Å². The van der Waals surface area contributed by atoms with E-state index in [-0.39, 0.29) is 5.56 Å². The lowest BCUT2D eigenvalue weighted by Crippen LogP contribution is -2.12. The predicted octanol–water partition coefficient (Wildman–Crippen LogP) is 3.71. The van der Waals surface area contributed by atoms with Gasteiger partial charge in [0.2, 0.25) is 0 Å². The van der Waals surface area contributed by atoms with E-state index in [2.05, 4.69) is 10.1 Å². The third kappa shape index (κ3) is 4.00. The van der Waals surface area contributed by atoms with Crippen LogP contribution in [0, 0.1) is 5.82 Å². The molecule has 3 rings (SSSR count). The summed E-state index contributed by atoms with van der Waals surface area (Å²) in [5, 5.41) is 23.0. The zero-order valence-electron chi connectivity index (χ0n) is 15.0. The van der Waals surface area contributed by atoms with Crippen molar-refractivity contribution in [2.45, 2.75) is 13.8 Å². The normalized spacial score (nSPS) is 10.1. The molecule has 0 atom stereocenters. The first-order valence-corrected chi connectivity index (χ1v) is 8.14. The van der Waals surface area contributed by atoms with E-state index in [0.29, 0.717) is 16.8 Å². The van der Waals surface area contributed by atoms with Crippen molar-refractivity contribution in [3.63, 3.8) is 0 Å². The lowest BCUT2D eigenvalue weighted by atomic mass is 9.97. The maximum atomic E-state index is 13.2. The zero-order valence-corrected chi connectivity index (χ0v) is 15.0. The van der Waals surface area contributed by atoms with E-state index in [9.17, 15) is 24.2 Å². The van der Waals surface area contributed by atoms with Gasteiger partial charge in [-0.25, -0.2) is 19.0 Å². The van der Waals surface area contributed by atoms with Crippen molar-refractivity contribution in [2.75, 3.05) is 0 Å². The number of benzene rings is 1. The van der Waals surface area contributed by atoms with Gasteiger partial charge in [0, 0.05) is 36.1 Å². The second kappa shape index (κ2) is 8.22. The van der Waals surface area contributed by atoms with E-state index in [0.717, 1.165) is 0 Å². The highest BCUT2D eigenvalue weighted by Crippen LogP contribution is 2.33. The van der Waals surface area contributed by atoms with Gasteiger partial charge >= 0.3 is 11.9 Å². The van der Waals surface area contributed by atoms with Crippen molar-refractivity contribution < 1.29 is 24.2 Å². The van der Waals surface area contributed by atoms with Crippen molar-refractivity contribution in [3.05, 3.63) is 59.8 Å². The lowest BCUT2D eigenvalue weighted by Gasteiger charge is -2.08. The van der Waals surface area contributed by atoms with E-state index in [4.69, 9.17) is 0 Å². The van der Waals surface area contributed by atoms with Gasteiger partial charge in [0.25, 0.3) is 0 Å². The molecule has 0 fully saturated rings. The SMILES string of the molecule is CC.Cn1cc(-c2ccnc(C(=O)O)c2C(=O)O)c(-c2ccc(F)cc2)n1. The molecule has 27 heavy (non-hydrogen) atoms. The van der Waals surface area contributed by atoms with Crippen LogP contribution in [0.25, 0.3) is 22.4 Å². The fourth-order valence-electron chi connectivity index (χ4n) is 2.57. The van der Waals surface area contributed by atoms with Gasteiger partial charge in [0.15, 0.2) is 5.69 Å². The molecule has 0 bridgehead atoms. The monoisotopic (exact) mass is 371 g/mol. The summed E-state index contributed by atoms with van der Waals surface area (Å²) < 4.78 is 14.6. The lowest BCUT2D eigenvalue weighted by molar-refractivity contribution is 0.0647. The Balaban J connectivity index is 0.00000126. The Morgan fingerprint density at radius 3 is 2.19 bits per heavy atom. The van der Waals surface area contributed by atoms with Crippen molar-refractivity contribution in [3.8, 4) is 22.4 Å². The summed E-state index contributed by atoms with van der Waals surface area (Å²) >= 11 is 0. The Hall–Kier alpha value is -3.55. The summed E-state index contributed by atoms with van der Waals surface area (Å²) in [6.45, 7) is 4.00. The molecule has 0 amide bonds. The Labute approximate surface area is 154 Å². The van der Waals surface area contributed by atoms with Gasteiger partial charge in [-0.3, -0.25) is 4.68 Å². The van der Waals surface area contributed by atoms with E-state index in [1.54, 1.807) is 13.2 Å². The molecule has 2 aromatic heterocycles. The number of hydrogen-bond donors (Lipinski definition) is 2. The van der Waals surface area contributed by atoms with Crippen molar-refractivity contribution in [1.82, 2.24) is 14.8 Å². The summed E-state index contributed by atoms with van der Waals surface area (Å²) in [7, 11) is 1.65. The fourth-order valence-corrected chi connectivity index (χ4v) is 2.57. The van der Waals surface area contributed by atoms with Gasteiger partial charge in [-0.15, -0.1) is 0 Å². The smallest absolute Gasteiger partial charge is 0.355 e. The van der Waals surface area contributed by atoms with Gasteiger partial charge in [0.05, 0.1) is 0 Å². The molecule has 0 saturated carbocycles. The minimum Gasteiger partial charge on any atom is -0.478 e. The molecular formula is C19H18FN3O4. The fraction of sp³-hybridized carbons (Fsp3) is 0.158. The van der Waals surface area contributed by atoms with Crippen LogP contribution in [0.4, 0.5) is 4.39 Å². The molecule has 0 aliphatic rings. The van der Waals surface area contributed by atoms with Crippen molar-refractivity contribution >= 4 is 11.9 Å². The van der Waals surface area contributed by atoms with Crippen LogP contribution < -0.4 is 0 Å². The van der Waals surface area contributed by atoms with Crippen molar-refractivity contribution in [1.29, 1.82) is 0 Å². The highest BCUT2D eigenvalue weighted by Gasteiger charge is 2.25. The summed E-state index contributed by atoms with van der Waals surface area (Å²) in [4.78, 5) is 26.6. The first-order chi connectivity index (χ1) is 12.9. The number of pyridine rings is 1. The molecular weight excluding hydrogens is 353 g/mol. The number of aromatic nitrogens is 3. The Kier molecular flexibility index (Phi) is 6.02. The standard InChI is InChI=1S/C17H12FN3O4.C2H6/c1-21-8-12(14(20-21)9-2-4-10(18)5-3-9)11-6-7-19-15(17(24)25)13(11)16(22)23;1-2/h2-8H,1H3,(H,22,23)(H,24,25);1-2H3. The highest BCUT2D eigenvalue weighted by molar-refractivity contribution is 6.06. The molecule has 8 heteroatoms. The van der Waals surface area contributed by atoms with Gasteiger partial charge in [-0.2, -0.15) is 5.10 Å².